The number of carbonyl (C=O) groups excluding carboxylic acids is 1. The lowest BCUT2D eigenvalue weighted by Crippen LogP contribution is -2.26. The standard InChI is InChI=1S/C14H19N3O2/c1-4-5-11-8-13(16-15-11)14(18)17(3)9-12-7-6-10(2)19-12/h6-8H,4-5,9H2,1-3H3,(H,15,16). The highest BCUT2D eigenvalue weighted by Gasteiger charge is 2.16. The number of aryl methyl sites for hydroxylation is 2. The highest BCUT2D eigenvalue weighted by atomic mass is 16.3. The van der Waals surface area contributed by atoms with E-state index in [4.69, 9.17) is 4.42 Å². The van der Waals surface area contributed by atoms with Gasteiger partial charge in [-0.05, 0) is 31.5 Å². The maximum atomic E-state index is 12.2. The van der Waals surface area contributed by atoms with Crippen LogP contribution in [0.5, 0.6) is 0 Å². The van der Waals surface area contributed by atoms with E-state index in [2.05, 4.69) is 17.1 Å². The van der Waals surface area contributed by atoms with Gasteiger partial charge in [-0.2, -0.15) is 5.10 Å². The Kier molecular flexibility index (Phi) is 4.04. The van der Waals surface area contributed by atoms with E-state index in [-0.39, 0.29) is 5.91 Å². The van der Waals surface area contributed by atoms with Crippen LogP contribution in [0.25, 0.3) is 0 Å². The zero-order valence-corrected chi connectivity index (χ0v) is 11.6. The number of carbonyl (C=O) groups is 1. The van der Waals surface area contributed by atoms with Gasteiger partial charge in [0.15, 0.2) is 0 Å². The fraction of sp³-hybridized carbons (Fsp3) is 0.429. The second kappa shape index (κ2) is 5.73. The molecular weight excluding hydrogens is 242 g/mol. The van der Waals surface area contributed by atoms with Gasteiger partial charge in [0, 0.05) is 12.7 Å². The molecule has 0 saturated heterocycles. The van der Waals surface area contributed by atoms with E-state index in [1.165, 1.54) is 0 Å². The molecule has 0 aromatic carbocycles. The molecule has 2 rings (SSSR count). The summed E-state index contributed by atoms with van der Waals surface area (Å²) in [4.78, 5) is 13.8. The van der Waals surface area contributed by atoms with Crippen LogP contribution >= 0.6 is 0 Å². The Morgan fingerprint density at radius 3 is 2.89 bits per heavy atom. The van der Waals surface area contributed by atoms with Gasteiger partial charge in [-0.1, -0.05) is 13.3 Å². The van der Waals surface area contributed by atoms with Gasteiger partial charge >= 0.3 is 0 Å². The maximum Gasteiger partial charge on any atom is 0.274 e. The number of nitrogens with zero attached hydrogens (tertiary/aromatic N) is 2. The number of hydrogen-bond donors (Lipinski definition) is 1. The zero-order chi connectivity index (χ0) is 13.8. The average molecular weight is 261 g/mol. The van der Waals surface area contributed by atoms with Gasteiger partial charge in [-0.3, -0.25) is 9.89 Å². The molecule has 0 atom stereocenters. The molecule has 0 saturated carbocycles. The van der Waals surface area contributed by atoms with Crippen molar-refractivity contribution in [1.29, 1.82) is 0 Å². The molecule has 0 radical (unpaired) electrons. The third-order valence-corrected chi connectivity index (χ3v) is 2.91. The lowest BCUT2D eigenvalue weighted by Gasteiger charge is -2.13. The van der Waals surface area contributed by atoms with Gasteiger partial charge in [-0.15, -0.1) is 0 Å². The minimum Gasteiger partial charge on any atom is -0.464 e. The number of hydrogen-bond acceptors (Lipinski definition) is 3. The predicted octanol–water partition coefficient (Wildman–Crippen LogP) is 2.54. The van der Waals surface area contributed by atoms with Crippen molar-refractivity contribution in [1.82, 2.24) is 15.1 Å². The normalized spacial score (nSPS) is 10.7. The SMILES string of the molecule is CCCc1cc(C(=O)N(C)Cc2ccc(C)o2)n[nH]1. The highest BCUT2D eigenvalue weighted by molar-refractivity contribution is 5.92. The highest BCUT2D eigenvalue weighted by Crippen LogP contribution is 2.11. The quantitative estimate of drug-likeness (QED) is 0.899. The predicted molar refractivity (Wildman–Crippen MR) is 71.8 cm³/mol. The Morgan fingerprint density at radius 2 is 2.26 bits per heavy atom. The maximum absolute atomic E-state index is 12.2. The van der Waals surface area contributed by atoms with Crippen molar-refractivity contribution in [2.45, 2.75) is 33.2 Å². The molecule has 2 aromatic heterocycles. The lowest BCUT2D eigenvalue weighted by atomic mass is 10.2. The molecule has 0 aliphatic rings. The number of furan rings is 1. The van der Waals surface area contributed by atoms with E-state index in [1.807, 2.05) is 25.1 Å². The molecule has 19 heavy (non-hydrogen) atoms. The molecule has 2 heterocycles. The molecule has 0 spiro atoms. The van der Waals surface area contributed by atoms with Crippen molar-refractivity contribution in [2.24, 2.45) is 0 Å². The van der Waals surface area contributed by atoms with E-state index in [0.29, 0.717) is 12.2 Å². The molecule has 1 N–H and O–H groups in total. The molecule has 2 aromatic rings. The summed E-state index contributed by atoms with van der Waals surface area (Å²) >= 11 is 0. The number of aromatic nitrogens is 2. The van der Waals surface area contributed by atoms with Gasteiger partial charge in [0.05, 0.1) is 6.54 Å². The summed E-state index contributed by atoms with van der Waals surface area (Å²) < 4.78 is 5.46. The lowest BCUT2D eigenvalue weighted by molar-refractivity contribution is 0.0769. The first-order valence-electron chi connectivity index (χ1n) is 6.45. The van der Waals surface area contributed by atoms with Crippen LogP contribution in [0.1, 0.15) is 41.0 Å². The number of H-pyrrole nitrogens is 1. The first-order valence-corrected chi connectivity index (χ1v) is 6.45. The summed E-state index contributed by atoms with van der Waals surface area (Å²) in [5, 5.41) is 6.95. The van der Waals surface area contributed by atoms with Gasteiger partial charge in [0.1, 0.15) is 17.2 Å². The molecule has 0 fully saturated rings. The van der Waals surface area contributed by atoms with E-state index in [0.717, 1.165) is 30.1 Å². The smallest absolute Gasteiger partial charge is 0.274 e. The van der Waals surface area contributed by atoms with Crippen LogP contribution in [0.3, 0.4) is 0 Å². The molecule has 1 amide bonds. The summed E-state index contributed by atoms with van der Waals surface area (Å²) in [5.74, 6) is 1.52. The van der Waals surface area contributed by atoms with Crippen LogP contribution in [0.4, 0.5) is 0 Å². The Labute approximate surface area is 112 Å². The number of aromatic amines is 1. The van der Waals surface area contributed by atoms with Crippen molar-refractivity contribution in [2.75, 3.05) is 7.05 Å². The monoisotopic (exact) mass is 261 g/mol. The Balaban J connectivity index is 2.01. The van der Waals surface area contributed by atoms with Crippen molar-refractivity contribution in [3.05, 3.63) is 41.1 Å². The molecule has 0 unspecified atom stereocenters. The summed E-state index contributed by atoms with van der Waals surface area (Å²) in [7, 11) is 1.74. The van der Waals surface area contributed by atoms with Gasteiger partial charge in [0.25, 0.3) is 5.91 Å². The second-order valence-corrected chi connectivity index (χ2v) is 4.70. The Hall–Kier alpha value is -2.04. The van der Waals surface area contributed by atoms with Crippen LogP contribution in [-0.2, 0) is 13.0 Å². The largest absolute Gasteiger partial charge is 0.464 e. The number of nitrogens with one attached hydrogen (secondary N) is 1. The first-order chi connectivity index (χ1) is 9.10. The molecule has 0 aliphatic carbocycles. The molecule has 5 heteroatoms. The van der Waals surface area contributed by atoms with E-state index in [9.17, 15) is 4.79 Å². The van der Waals surface area contributed by atoms with Crippen molar-refractivity contribution in [3.8, 4) is 0 Å². The number of rotatable bonds is 5. The zero-order valence-electron chi connectivity index (χ0n) is 11.6. The Bertz CT molecular complexity index is 557. The summed E-state index contributed by atoms with van der Waals surface area (Å²) in [6.45, 7) is 4.42. The first kappa shape index (κ1) is 13.4. The molecular formula is C14H19N3O2. The average Bonchev–Trinajstić information content (AvgIpc) is 2.98. The van der Waals surface area contributed by atoms with Crippen molar-refractivity contribution < 1.29 is 9.21 Å². The molecule has 0 aliphatic heterocycles. The summed E-state index contributed by atoms with van der Waals surface area (Å²) in [5.41, 5.74) is 1.45. The van der Waals surface area contributed by atoms with Crippen LogP contribution in [-0.4, -0.2) is 28.1 Å². The van der Waals surface area contributed by atoms with Crippen LogP contribution in [0.2, 0.25) is 0 Å². The van der Waals surface area contributed by atoms with Crippen LogP contribution in [0, 0.1) is 6.92 Å². The topological polar surface area (TPSA) is 62.1 Å². The summed E-state index contributed by atoms with van der Waals surface area (Å²) in [6.07, 6.45) is 1.93. The van der Waals surface area contributed by atoms with Crippen LogP contribution < -0.4 is 0 Å². The Morgan fingerprint density at radius 1 is 1.47 bits per heavy atom. The molecule has 5 nitrogen and oxygen atoms in total. The van der Waals surface area contributed by atoms with E-state index >= 15 is 0 Å². The van der Waals surface area contributed by atoms with E-state index in [1.54, 1.807) is 11.9 Å². The van der Waals surface area contributed by atoms with Gasteiger partial charge < -0.3 is 9.32 Å². The minimum atomic E-state index is -0.104. The fourth-order valence-electron chi connectivity index (χ4n) is 1.94. The number of amides is 1. The van der Waals surface area contributed by atoms with E-state index < -0.39 is 0 Å². The third-order valence-electron chi connectivity index (χ3n) is 2.91. The van der Waals surface area contributed by atoms with Gasteiger partial charge in [-0.25, -0.2) is 0 Å². The second-order valence-electron chi connectivity index (χ2n) is 4.70. The van der Waals surface area contributed by atoms with Crippen molar-refractivity contribution >= 4 is 5.91 Å². The third kappa shape index (κ3) is 3.24. The minimum absolute atomic E-state index is 0.104. The van der Waals surface area contributed by atoms with Crippen molar-refractivity contribution in [3.63, 3.8) is 0 Å². The molecule has 0 bridgehead atoms. The molecule has 102 valence electrons. The fourth-order valence-corrected chi connectivity index (χ4v) is 1.94. The van der Waals surface area contributed by atoms with Gasteiger partial charge in [0.2, 0.25) is 0 Å². The van der Waals surface area contributed by atoms with Crippen LogP contribution in [0.15, 0.2) is 22.6 Å². The summed E-state index contributed by atoms with van der Waals surface area (Å²) in [6, 6.07) is 5.59.